The number of rotatable bonds is 4. The Morgan fingerprint density at radius 1 is 1.04 bits per heavy atom. The SMILES string of the molecule is CS(=O)(=O)c1ccc(-c2cc(C(=O)O)nn2-c2ccc(O)cc2)cc1. The summed E-state index contributed by atoms with van der Waals surface area (Å²) in [5, 5.41) is 22.7. The van der Waals surface area contributed by atoms with E-state index in [-0.39, 0.29) is 16.3 Å². The number of aromatic carboxylic acids is 1. The maximum Gasteiger partial charge on any atom is 0.356 e. The first-order valence-electron chi connectivity index (χ1n) is 7.19. The normalized spacial score (nSPS) is 11.4. The van der Waals surface area contributed by atoms with E-state index >= 15 is 0 Å². The highest BCUT2D eigenvalue weighted by Crippen LogP contribution is 2.26. The van der Waals surface area contributed by atoms with Gasteiger partial charge in [0.25, 0.3) is 0 Å². The summed E-state index contributed by atoms with van der Waals surface area (Å²) < 4.78 is 24.6. The van der Waals surface area contributed by atoms with Gasteiger partial charge in [-0.15, -0.1) is 0 Å². The van der Waals surface area contributed by atoms with Crippen LogP contribution in [0.1, 0.15) is 10.5 Å². The molecule has 8 heteroatoms. The van der Waals surface area contributed by atoms with Crippen LogP contribution in [0, 0.1) is 0 Å². The minimum atomic E-state index is -3.32. The van der Waals surface area contributed by atoms with Gasteiger partial charge in [-0.25, -0.2) is 17.9 Å². The second-order valence-corrected chi connectivity index (χ2v) is 7.46. The van der Waals surface area contributed by atoms with Crippen molar-refractivity contribution in [1.29, 1.82) is 0 Å². The summed E-state index contributed by atoms with van der Waals surface area (Å²) in [6, 6.07) is 13.6. The van der Waals surface area contributed by atoms with E-state index in [1.807, 2.05) is 0 Å². The summed E-state index contributed by atoms with van der Waals surface area (Å²) >= 11 is 0. The van der Waals surface area contributed by atoms with E-state index < -0.39 is 15.8 Å². The second-order valence-electron chi connectivity index (χ2n) is 5.44. The van der Waals surface area contributed by atoms with Crippen LogP contribution in [0.4, 0.5) is 0 Å². The van der Waals surface area contributed by atoms with Crippen molar-refractivity contribution in [2.75, 3.05) is 6.26 Å². The molecule has 0 bridgehead atoms. The molecule has 25 heavy (non-hydrogen) atoms. The van der Waals surface area contributed by atoms with Crippen LogP contribution < -0.4 is 0 Å². The monoisotopic (exact) mass is 358 g/mol. The number of aromatic nitrogens is 2. The topological polar surface area (TPSA) is 109 Å². The van der Waals surface area contributed by atoms with Gasteiger partial charge in [0.1, 0.15) is 5.75 Å². The fraction of sp³-hybridized carbons (Fsp3) is 0.0588. The lowest BCUT2D eigenvalue weighted by atomic mass is 10.1. The number of hydrogen-bond donors (Lipinski definition) is 2. The lowest BCUT2D eigenvalue weighted by Gasteiger charge is -2.08. The van der Waals surface area contributed by atoms with Gasteiger partial charge in [0, 0.05) is 11.8 Å². The maximum atomic E-state index is 11.6. The Morgan fingerprint density at radius 2 is 1.64 bits per heavy atom. The third-order valence-electron chi connectivity index (χ3n) is 3.60. The van der Waals surface area contributed by atoms with Crippen molar-refractivity contribution in [2.24, 2.45) is 0 Å². The van der Waals surface area contributed by atoms with Crippen molar-refractivity contribution >= 4 is 15.8 Å². The zero-order valence-corrected chi connectivity index (χ0v) is 13.9. The van der Waals surface area contributed by atoms with Gasteiger partial charge in [0.2, 0.25) is 0 Å². The molecule has 0 fully saturated rings. The molecule has 128 valence electrons. The molecule has 0 saturated carbocycles. The molecular weight excluding hydrogens is 344 g/mol. The third-order valence-corrected chi connectivity index (χ3v) is 4.73. The highest BCUT2D eigenvalue weighted by molar-refractivity contribution is 7.90. The Balaban J connectivity index is 2.14. The van der Waals surface area contributed by atoms with Gasteiger partial charge in [0.05, 0.1) is 16.3 Å². The number of carboxylic acid groups (broad SMARTS) is 1. The lowest BCUT2D eigenvalue weighted by molar-refractivity contribution is 0.0690. The zero-order chi connectivity index (χ0) is 18.2. The van der Waals surface area contributed by atoms with Crippen LogP contribution in [0.3, 0.4) is 0 Å². The number of nitrogens with zero attached hydrogens (tertiary/aromatic N) is 2. The molecule has 1 aromatic heterocycles. The first-order chi connectivity index (χ1) is 11.8. The van der Waals surface area contributed by atoms with E-state index in [0.717, 1.165) is 6.26 Å². The van der Waals surface area contributed by atoms with Crippen molar-refractivity contribution in [3.05, 3.63) is 60.3 Å². The molecule has 0 unspecified atom stereocenters. The average Bonchev–Trinajstić information content (AvgIpc) is 3.00. The largest absolute Gasteiger partial charge is 0.508 e. The van der Waals surface area contributed by atoms with Crippen molar-refractivity contribution < 1.29 is 23.4 Å². The van der Waals surface area contributed by atoms with Gasteiger partial charge in [-0.1, -0.05) is 12.1 Å². The number of carbonyl (C=O) groups is 1. The van der Waals surface area contributed by atoms with Crippen molar-refractivity contribution in [3.8, 4) is 22.7 Å². The Morgan fingerprint density at radius 3 is 2.16 bits per heavy atom. The molecule has 7 nitrogen and oxygen atoms in total. The second kappa shape index (κ2) is 6.06. The van der Waals surface area contributed by atoms with Gasteiger partial charge in [0.15, 0.2) is 15.5 Å². The van der Waals surface area contributed by atoms with E-state index in [4.69, 9.17) is 0 Å². The highest BCUT2D eigenvalue weighted by Gasteiger charge is 2.16. The number of aromatic hydroxyl groups is 1. The number of carboxylic acids is 1. The summed E-state index contributed by atoms with van der Waals surface area (Å²) in [5.74, 6) is -1.10. The minimum Gasteiger partial charge on any atom is -0.508 e. The predicted molar refractivity (Wildman–Crippen MR) is 90.7 cm³/mol. The van der Waals surface area contributed by atoms with Gasteiger partial charge >= 0.3 is 5.97 Å². The van der Waals surface area contributed by atoms with E-state index in [9.17, 15) is 23.4 Å². The minimum absolute atomic E-state index is 0.0772. The molecule has 2 aromatic carbocycles. The lowest BCUT2D eigenvalue weighted by Crippen LogP contribution is -2.02. The van der Waals surface area contributed by atoms with Crippen molar-refractivity contribution in [1.82, 2.24) is 9.78 Å². The summed E-state index contributed by atoms with van der Waals surface area (Å²) in [5.41, 5.74) is 1.52. The number of sulfone groups is 1. The standard InChI is InChI=1S/C17H14N2O5S/c1-25(23,24)14-8-2-11(3-9-14)16-10-15(17(21)22)18-19(16)12-4-6-13(20)7-5-12/h2-10,20H,1H3,(H,21,22). The molecule has 3 rings (SSSR count). The van der Waals surface area contributed by atoms with E-state index in [2.05, 4.69) is 5.10 Å². The fourth-order valence-electron chi connectivity index (χ4n) is 2.35. The number of phenolic OH excluding ortho intramolecular Hbond substituents is 1. The molecular formula is C17H14N2O5S. The fourth-order valence-corrected chi connectivity index (χ4v) is 2.99. The Bertz CT molecular complexity index is 1040. The van der Waals surface area contributed by atoms with Crippen LogP contribution in [-0.2, 0) is 9.84 Å². The number of benzene rings is 2. The summed E-state index contributed by atoms with van der Waals surface area (Å²) in [6.45, 7) is 0. The van der Waals surface area contributed by atoms with E-state index in [0.29, 0.717) is 16.9 Å². The van der Waals surface area contributed by atoms with Crippen molar-refractivity contribution in [3.63, 3.8) is 0 Å². The molecule has 0 aliphatic heterocycles. The number of phenols is 1. The Labute approximate surface area is 143 Å². The third kappa shape index (κ3) is 3.38. The Kier molecular flexibility index (Phi) is 4.05. The van der Waals surface area contributed by atoms with E-state index in [1.165, 1.54) is 35.0 Å². The molecule has 0 radical (unpaired) electrons. The molecule has 0 saturated heterocycles. The summed E-state index contributed by atoms with van der Waals surface area (Å²) in [4.78, 5) is 11.4. The predicted octanol–water partition coefficient (Wildman–Crippen LogP) is 2.35. The Hall–Kier alpha value is -3.13. The number of hydrogen-bond acceptors (Lipinski definition) is 5. The van der Waals surface area contributed by atoms with Crippen LogP contribution in [0.2, 0.25) is 0 Å². The average molecular weight is 358 g/mol. The maximum absolute atomic E-state index is 11.6. The molecule has 0 aliphatic rings. The van der Waals surface area contributed by atoms with Crippen LogP contribution in [0.15, 0.2) is 59.5 Å². The molecule has 0 spiro atoms. The summed E-state index contributed by atoms with van der Waals surface area (Å²) in [7, 11) is -3.32. The molecule has 1 heterocycles. The first kappa shape index (κ1) is 16.7. The molecule has 2 N–H and O–H groups in total. The smallest absolute Gasteiger partial charge is 0.356 e. The quantitative estimate of drug-likeness (QED) is 0.741. The van der Waals surface area contributed by atoms with Gasteiger partial charge in [-0.3, -0.25) is 0 Å². The first-order valence-corrected chi connectivity index (χ1v) is 9.08. The molecule has 0 amide bonds. The highest BCUT2D eigenvalue weighted by atomic mass is 32.2. The van der Waals surface area contributed by atoms with Crippen LogP contribution in [0.5, 0.6) is 5.75 Å². The zero-order valence-electron chi connectivity index (χ0n) is 13.1. The van der Waals surface area contributed by atoms with Crippen LogP contribution >= 0.6 is 0 Å². The molecule has 3 aromatic rings. The van der Waals surface area contributed by atoms with Gasteiger partial charge in [-0.2, -0.15) is 5.10 Å². The van der Waals surface area contributed by atoms with Crippen molar-refractivity contribution in [2.45, 2.75) is 4.90 Å². The van der Waals surface area contributed by atoms with Crippen LogP contribution in [-0.4, -0.2) is 40.6 Å². The van der Waals surface area contributed by atoms with Gasteiger partial charge in [-0.05, 0) is 42.5 Å². The molecule has 0 aliphatic carbocycles. The van der Waals surface area contributed by atoms with E-state index in [1.54, 1.807) is 24.3 Å². The molecule has 0 atom stereocenters. The summed E-state index contributed by atoms with van der Waals surface area (Å²) in [6.07, 6.45) is 1.12. The van der Waals surface area contributed by atoms with Gasteiger partial charge < -0.3 is 10.2 Å². The van der Waals surface area contributed by atoms with Crippen LogP contribution in [0.25, 0.3) is 16.9 Å².